The molecule has 0 atom stereocenters. The van der Waals surface area contributed by atoms with Crippen LogP contribution in [0.2, 0.25) is 0 Å². The van der Waals surface area contributed by atoms with Crippen LogP contribution in [-0.2, 0) is 16.0 Å². The van der Waals surface area contributed by atoms with Crippen LogP contribution in [0.15, 0.2) is 54.6 Å². The number of hydrogen-bond donors (Lipinski definition) is 1. The molecule has 140 valence electrons. The third kappa shape index (κ3) is 6.74. The number of allylic oxidation sites excluding steroid dienone is 1. The molecule has 1 N–H and O–H groups in total. The summed E-state index contributed by atoms with van der Waals surface area (Å²) >= 11 is 0. The number of carbonyl (C=O) groups excluding carboxylic acids is 1. The summed E-state index contributed by atoms with van der Waals surface area (Å²) in [6.45, 7) is 0.155. The summed E-state index contributed by atoms with van der Waals surface area (Å²) in [5.74, 6) is -0.495. The summed E-state index contributed by atoms with van der Waals surface area (Å²) in [5, 5.41) is 19.5. The maximum Gasteiger partial charge on any atom is 0.303 e. The van der Waals surface area contributed by atoms with E-state index < -0.39 is 10.9 Å². The number of nitrogens with zero attached hydrogens (tertiary/aromatic N) is 1. The Bertz CT molecular complexity index is 859. The third-order valence-electron chi connectivity index (χ3n) is 3.73. The molecule has 0 aliphatic carbocycles. The van der Waals surface area contributed by atoms with Crippen LogP contribution in [-0.4, -0.2) is 28.4 Å². The van der Waals surface area contributed by atoms with Gasteiger partial charge in [-0.05, 0) is 29.7 Å². The number of aliphatic carboxylic acids is 1. The summed E-state index contributed by atoms with van der Waals surface area (Å²) in [4.78, 5) is 32.9. The summed E-state index contributed by atoms with van der Waals surface area (Å²) in [6.07, 6.45) is 3.38. The fraction of sp³-hybridized carbons (Fsp3) is 0.200. The normalized spacial score (nSPS) is 10.7. The molecule has 0 saturated heterocycles. The number of aryl methyl sites for hydroxylation is 1. The second-order valence-corrected chi connectivity index (χ2v) is 5.75. The minimum atomic E-state index is -0.883. The van der Waals surface area contributed by atoms with E-state index in [0.717, 1.165) is 5.56 Å². The highest BCUT2D eigenvalue weighted by molar-refractivity contribution is 5.93. The van der Waals surface area contributed by atoms with E-state index in [0.29, 0.717) is 17.7 Å². The van der Waals surface area contributed by atoms with Gasteiger partial charge in [0.05, 0.1) is 11.5 Å². The van der Waals surface area contributed by atoms with Crippen LogP contribution in [0.4, 0.5) is 5.69 Å². The van der Waals surface area contributed by atoms with E-state index >= 15 is 0 Å². The largest absolute Gasteiger partial charge is 0.493 e. The number of carboxylic acid groups (broad SMARTS) is 1. The lowest BCUT2D eigenvalue weighted by Crippen LogP contribution is -2.06. The first kappa shape index (κ1) is 19.8. The average molecular weight is 369 g/mol. The predicted molar refractivity (Wildman–Crippen MR) is 99.6 cm³/mol. The van der Waals surface area contributed by atoms with E-state index in [4.69, 9.17) is 9.84 Å². The number of ketones is 1. The van der Waals surface area contributed by atoms with Crippen molar-refractivity contribution in [2.75, 3.05) is 6.61 Å². The molecule has 0 aliphatic rings. The van der Waals surface area contributed by atoms with Gasteiger partial charge in [-0.2, -0.15) is 0 Å². The molecule has 0 aromatic heterocycles. The van der Waals surface area contributed by atoms with Crippen LogP contribution < -0.4 is 4.74 Å². The van der Waals surface area contributed by atoms with Gasteiger partial charge in [0, 0.05) is 25.0 Å². The Morgan fingerprint density at radius 2 is 1.89 bits per heavy atom. The predicted octanol–water partition coefficient (Wildman–Crippen LogP) is 3.66. The molecule has 0 spiro atoms. The van der Waals surface area contributed by atoms with Gasteiger partial charge in [0.2, 0.25) is 0 Å². The Balaban J connectivity index is 1.87. The second-order valence-electron chi connectivity index (χ2n) is 5.75. The summed E-state index contributed by atoms with van der Waals surface area (Å²) < 4.78 is 5.61. The van der Waals surface area contributed by atoms with Gasteiger partial charge in [0.25, 0.3) is 5.69 Å². The van der Waals surface area contributed by atoms with Crippen LogP contribution in [0.5, 0.6) is 5.75 Å². The Morgan fingerprint density at radius 3 is 2.63 bits per heavy atom. The molecule has 0 fully saturated rings. The van der Waals surface area contributed by atoms with Crippen LogP contribution in [0.3, 0.4) is 0 Å². The van der Waals surface area contributed by atoms with Crippen molar-refractivity contribution >= 4 is 23.5 Å². The fourth-order valence-corrected chi connectivity index (χ4v) is 2.37. The molecule has 0 unspecified atom stereocenters. The van der Waals surface area contributed by atoms with Crippen LogP contribution in [0.25, 0.3) is 6.08 Å². The molecule has 2 rings (SSSR count). The first-order valence-corrected chi connectivity index (χ1v) is 8.33. The number of carboxylic acids is 1. The van der Waals surface area contributed by atoms with E-state index in [2.05, 4.69) is 0 Å². The zero-order valence-electron chi connectivity index (χ0n) is 14.5. The van der Waals surface area contributed by atoms with Gasteiger partial charge in [0.15, 0.2) is 5.78 Å². The van der Waals surface area contributed by atoms with Crippen molar-refractivity contribution in [3.8, 4) is 5.75 Å². The van der Waals surface area contributed by atoms with Crippen molar-refractivity contribution in [2.24, 2.45) is 0 Å². The van der Waals surface area contributed by atoms with Gasteiger partial charge in [-0.3, -0.25) is 19.7 Å². The molecule has 7 heteroatoms. The van der Waals surface area contributed by atoms with Crippen LogP contribution in [0.1, 0.15) is 24.0 Å². The van der Waals surface area contributed by atoms with E-state index in [1.165, 1.54) is 24.3 Å². The van der Waals surface area contributed by atoms with E-state index in [1.807, 2.05) is 0 Å². The lowest BCUT2D eigenvalue weighted by molar-refractivity contribution is -0.384. The smallest absolute Gasteiger partial charge is 0.303 e. The minimum Gasteiger partial charge on any atom is -0.493 e. The van der Waals surface area contributed by atoms with Crippen molar-refractivity contribution in [1.82, 2.24) is 0 Å². The molecule has 27 heavy (non-hydrogen) atoms. The van der Waals surface area contributed by atoms with E-state index in [9.17, 15) is 19.7 Å². The summed E-state index contributed by atoms with van der Waals surface area (Å²) in [5.41, 5.74) is 1.31. The topological polar surface area (TPSA) is 107 Å². The first-order valence-electron chi connectivity index (χ1n) is 8.33. The Morgan fingerprint density at radius 1 is 1.11 bits per heavy atom. The van der Waals surface area contributed by atoms with Crippen molar-refractivity contribution in [1.29, 1.82) is 0 Å². The number of benzene rings is 2. The monoisotopic (exact) mass is 369 g/mol. The molecule has 2 aromatic rings. The quantitative estimate of drug-likeness (QED) is 0.389. The highest BCUT2D eigenvalue weighted by Crippen LogP contribution is 2.20. The number of carbonyl (C=O) groups is 2. The molecule has 0 amide bonds. The molecule has 0 saturated carbocycles. The zero-order chi connectivity index (χ0) is 19.6. The number of hydrogen-bond acceptors (Lipinski definition) is 5. The first-order chi connectivity index (χ1) is 13.0. The average Bonchev–Trinajstić information content (AvgIpc) is 2.65. The Kier molecular flexibility index (Phi) is 7.25. The molecule has 0 radical (unpaired) electrons. The number of ether oxygens (including phenoxy) is 1. The van der Waals surface area contributed by atoms with Crippen LogP contribution in [0, 0.1) is 10.1 Å². The molecule has 2 aromatic carbocycles. The number of nitro benzene ring substituents is 1. The minimum absolute atomic E-state index is 0.00521. The second kappa shape index (κ2) is 9.86. The zero-order valence-corrected chi connectivity index (χ0v) is 14.5. The highest BCUT2D eigenvalue weighted by atomic mass is 16.6. The van der Waals surface area contributed by atoms with Gasteiger partial charge in [-0.1, -0.05) is 36.4 Å². The van der Waals surface area contributed by atoms with Crippen LogP contribution >= 0.6 is 0 Å². The molecule has 7 nitrogen and oxygen atoms in total. The van der Waals surface area contributed by atoms with E-state index in [1.54, 1.807) is 36.4 Å². The maximum atomic E-state index is 11.9. The van der Waals surface area contributed by atoms with Crippen molar-refractivity contribution in [2.45, 2.75) is 19.3 Å². The number of para-hydroxylation sites is 1. The standard InChI is InChI=1S/C20H19NO6/c22-18(10-8-15-4-3-6-17(14-15)21(25)26)12-13-27-19-7-2-1-5-16(19)9-11-20(23)24/h1-8,10,14H,9,11-13H2,(H,23,24)/b10-8+. The highest BCUT2D eigenvalue weighted by Gasteiger charge is 2.07. The van der Waals surface area contributed by atoms with Gasteiger partial charge < -0.3 is 9.84 Å². The van der Waals surface area contributed by atoms with Gasteiger partial charge in [-0.25, -0.2) is 0 Å². The molecule has 0 heterocycles. The summed E-state index contributed by atoms with van der Waals surface area (Å²) in [7, 11) is 0. The number of nitro groups is 1. The fourth-order valence-electron chi connectivity index (χ4n) is 2.37. The Hall–Kier alpha value is -3.48. The van der Waals surface area contributed by atoms with Gasteiger partial charge in [0.1, 0.15) is 5.75 Å². The Labute approximate surface area is 156 Å². The molecule has 0 aliphatic heterocycles. The molecular weight excluding hydrogens is 350 g/mol. The lowest BCUT2D eigenvalue weighted by atomic mass is 10.1. The molecule has 0 bridgehead atoms. The lowest BCUT2D eigenvalue weighted by Gasteiger charge is -2.10. The molecular formula is C20H19NO6. The van der Waals surface area contributed by atoms with Gasteiger partial charge >= 0.3 is 5.97 Å². The maximum absolute atomic E-state index is 11.9. The van der Waals surface area contributed by atoms with Crippen molar-refractivity contribution < 1.29 is 24.4 Å². The van der Waals surface area contributed by atoms with E-state index in [-0.39, 0.29) is 30.9 Å². The SMILES string of the molecule is O=C(O)CCc1ccccc1OCCC(=O)/C=C/c1cccc([N+](=O)[O-])c1. The number of non-ortho nitro benzene ring substituents is 1. The van der Waals surface area contributed by atoms with Gasteiger partial charge in [-0.15, -0.1) is 0 Å². The summed E-state index contributed by atoms with van der Waals surface area (Å²) in [6, 6.07) is 13.1. The third-order valence-corrected chi connectivity index (χ3v) is 3.73. The van der Waals surface area contributed by atoms with Crippen molar-refractivity contribution in [3.05, 3.63) is 75.8 Å². The number of rotatable bonds is 10. The van der Waals surface area contributed by atoms with Crippen molar-refractivity contribution in [3.63, 3.8) is 0 Å².